The largest absolute Gasteiger partial charge is 0.345 e. The molecular weight excluding hydrogens is 182 g/mol. The standard InChI is InChI=1S/C7H12F2N2O2/c1-10-7(12)11-3-2-5(4-11)13-6(8)9/h5-6H,2-4H2,1H3,(H,10,12). The third-order valence-corrected chi connectivity index (χ3v) is 1.94. The second kappa shape index (κ2) is 4.36. The average Bonchev–Trinajstić information content (AvgIpc) is 2.50. The number of alkyl halides is 2. The first-order valence-corrected chi connectivity index (χ1v) is 4.03. The van der Waals surface area contributed by atoms with Crippen LogP contribution < -0.4 is 5.32 Å². The van der Waals surface area contributed by atoms with Crippen LogP contribution in [0.4, 0.5) is 13.6 Å². The van der Waals surface area contributed by atoms with Crippen molar-refractivity contribution in [3.05, 3.63) is 0 Å². The summed E-state index contributed by atoms with van der Waals surface area (Å²) in [5.41, 5.74) is 0. The second-order valence-corrected chi connectivity index (χ2v) is 2.81. The number of rotatable bonds is 2. The monoisotopic (exact) mass is 194 g/mol. The molecule has 0 aromatic heterocycles. The summed E-state index contributed by atoms with van der Waals surface area (Å²) in [6.45, 7) is -2.05. The fourth-order valence-corrected chi connectivity index (χ4v) is 1.33. The minimum atomic E-state index is -2.75. The Morgan fingerprint density at radius 3 is 2.92 bits per heavy atom. The SMILES string of the molecule is CNC(=O)N1CCC(OC(F)F)C1. The van der Waals surface area contributed by atoms with Gasteiger partial charge in [-0.3, -0.25) is 0 Å². The van der Waals surface area contributed by atoms with E-state index in [4.69, 9.17) is 0 Å². The van der Waals surface area contributed by atoms with Crippen LogP contribution in [0.5, 0.6) is 0 Å². The number of nitrogens with zero attached hydrogens (tertiary/aromatic N) is 1. The molecule has 1 N–H and O–H groups in total. The highest BCUT2D eigenvalue weighted by atomic mass is 19.3. The minimum Gasteiger partial charge on any atom is -0.341 e. The Labute approximate surface area is 74.8 Å². The molecule has 2 amide bonds. The summed E-state index contributed by atoms with van der Waals surface area (Å²) in [6, 6.07) is -0.250. The van der Waals surface area contributed by atoms with Crippen molar-refractivity contribution in [3.8, 4) is 0 Å². The maximum atomic E-state index is 11.8. The van der Waals surface area contributed by atoms with E-state index in [0.717, 1.165) is 0 Å². The highest BCUT2D eigenvalue weighted by Crippen LogP contribution is 2.15. The smallest absolute Gasteiger partial charge is 0.341 e. The van der Waals surface area contributed by atoms with Crippen LogP contribution >= 0.6 is 0 Å². The molecule has 4 nitrogen and oxygen atoms in total. The number of carbonyl (C=O) groups is 1. The van der Waals surface area contributed by atoms with Crippen molar-refractivity contribution in [1.82, 2.24) is 10.2 Å². The van der Waals surface area contributed by atoms with Crippen molar-refractivity contribution in [3.63, 3.8) is 0 Å². The number of urea groups is 1. The molecule has 13 heavy (non-hydrogen) atoms. The zero-order valence-electron chi connectivity index (χ0n) is 7.30. The first kappa shape index (κ1) is 10.2. The molecule has 0 spiro atoms. The second-order valence-electron chi connectivity index (χ2n) is 2.81. The summed E-state index contributed by atoms with van der Waals surface area (Å²) < 4.78 is 27.8. The first-order valence-electron chi connectivity index (χ1n) is 4.03. The molecule has 1 aliphatic heterocycles. The quantitative estimate of drug-likeness (QED) is 0.700. The topological polar surface area (TPSA) is 41.6 Å². The molecule has 1 aliphatic rings. The van der Waals surface area contributed by atoms with E-state index in [9.17, 15) is 13.6 Å². The molecule has 1 atom stereocenters. The van der Waals surface area contributed by atoms with E-state index in [0.29, 0.717) is 13.0 Å². The fourth-order valence-electron chi connectivity index (χ4n) is 1.33. The number of halogens is 2. The van der Waals surface area contributed by atoms with E-state index in [1.54, 1.807) is 0 Å². The number of hydrogen-bond acceptors (Lipinski definition) is 2. The van der Waals surface area contributed by atoms with Gasteiger partial charge in [0.2, 0.25) is 0 Å². The van der Waals surface area contributed by atoms with E-state index in [-0.39, 0.29) is 12.6 Å². The molecule has 1 fully saturated rings. The number of likely N-dealkylation sites (tertiary alicyclic amines) is 1. The molecule has 76 valence electrons. The van der Waals surface area contributed by atoms with E-state index in [1.807, 2.05) is 0 Å². The Morgan fingerprint density at radius 1 is 1.69 bits per heavy atom. The van der Waals surface area contributed by atoms with Gasteiger partial charge in [0.05, 0.1) is 6.10 Å². The van der Waals surface area contributed by atoms with Crippen LogP contribution in [0.3, 0.4) is 0 Å². The highest BCUT2D eigenvalue weighted by Gasteiger charge is 2.28. The van der Waals surface area contributed by atoms with Crippen LogP contribution in [0.1, 0.15) is 6.42 Å². The summed E-state index contributed by atoms with van der Waals surface area (Å²) >= 11 is 0. The third kappa shape index (κ3) is 2.80. The fraction of sp³-hybridized carbons (Fsp3) is 0.857. The van der Waals surface area contributed by atoms with Gasteiger partial charge in [-0.25, -0.2) is 4.79 Å². The Morgan fingerprint density at radius 2 is 2.38 bits per heavy atom. The molecular formula is C7H12F2N2O2. The van der Waals surface area contributed by atoms with E-state index in [1.165, 1.54) is 11.9 Å². The Balaban J connectivity index is 2.32. The lowest BCUT2D eigenvalue weighted by Crippen LogP contribution is -2.37. The molecule has 1 unspecified atom stereocenters. The zero-order valence-corrected chi connectivity index (χ0v) is 7.30. The number of carbonyl (C=O) groups excluding carboxylic acids is 1. The zero-order chi connectivity index (χ0) is 9.84. The number of ether oxygens (including phenoxy) is 1. The summed E-state index contributed by atoms with van der Waals surface area (Å²) in [6.07, 6.45) is -0.0603. The first-order chi connectivity index (χ1) is 6.13. The average molecular weight is 194 g/mol. The summed E-state index contributed by atoms with van der Waals surface area (Å²) in [5.74, 6) is 0. The molecule has 1 heterocycles. The van der Waals surface area contributed by atoms with Crippen LogP contribution in [0.2, 0.25) is 0 Å². The van der Waals surface area contributed by atoms with Crippen molar-refractivity contribution in [1.29, 1.82) is 0 Å². The lowest BCUT2D eigenvalue weighted by Gasteiger charge is -2.15. The van der Waals surface area contributed by atoms with Gasteiger partial charge in [0.15, 0.2) is 0 Å². The molecule has 0 aromatic carbocycles. The number of nitrogens with one attached hydrogen (secondary N) is 1. The molecule has 0 bridgehead atoms. The van der Waals surface area contributed by atoms with Crippen molar-refractivity contribution in [2.75, 3.05) is 20.1 Å². The molecule has 0 aliphatic carbocycles. The molecule has 0 radical (unpaired) electrons. The van der Waals surface area contributed by atoms with Crippen molar-refractivity contribution < 1.29 is 18.3 Å². The molecule has 1 rings (SSSR count). The maximum absolute atomic E-state index is 11.8. The molecule has 1 saturated heterocycles. The van der Waals surface area contributed by atoms with Gasteiger partial charge in [-0.2, -0.15) is 8.78 Å². The lowest BCUT2D eigenvalue weighted by atomic mass is 10.3. The highest BCUT2D eigenvalue weighted by molar-refractivity contribution is 5.74. The van der Waals surface area contributed by atoms with Crippen molar-refractivity contribution in [2.24, 2.45) is 0 Å². The van der Waals surface area contributed by atoms with Crippen LogP contribution in [0, 0.1) is 0 Å². The van der Waals surface area contributed by atoms with E-state index in [2.05, 4.69) is 10.1 Å². The van der Waals surface area contributed by atoms with Crippen LogP contribution in [-0.2, 0) is 4.74 Å². The number of hydrogen-bond donors (Lipinski definition) is 1. The van der Waals surface area contributed by atoms with E-state index < -0.39 is 12.7 Å². The predicted octanol–water partition coefficient (Wildman–Crippen LogP) is 0.639. The van der Waals surface area contributed by atoms with Gasteiger partial charge >= 0.3 is 12.6 Å². The Hall–Kier alpha value is -0.910. The van der Waals surface area contributed by atoms with Gasteiger partial charge in [-0.15, -0.1) is 0 Å². The van der Waals surface area contributed by atoms with Gasteiger partial charge in [0.25, 0.3) is 0 Å². The minimum absolute atomic E-state index is 0.240. The molecule has 6 heteroatoms. The van der Waals surface area contributed by atoms with E-state index >= 15 is 0 Å². The summed E-state index contributed by atoms with van der Waals surface area (Å²) in [4.78, 5) is 12.5. The van der Waals surface area contributed by atoms with Gasteiger partial charge in [-0.1, -0.05) is 0 Å². The number of amides is 2. The van der Waals surface area contributed by atoms with Gasteiger partial charge in [-0.05, 0) is 6.42 Å². The van der Waals surface area contributed by atoms with Gasteiger partial charge < -0.3 is 15.0 Å². The summed E-state index contributed by atoms with van der Waals surface area (Å²) in [7, 11) is 1.50. The predicted molar refractivity (Wildman–Crippen MR) is 41.5 cm³/mol. The Bertz CT molecular complexity index is 189. The summed E-state index contributed by atoms with van der Waals surface area (Å²) in [5, 5.41) is 2.42. The normalized spacial score (nSPS) is 22.5. The van der Waals surface area contributed by atoms with Crippen LogP contribution in [0.25, 0.3) is 0 Å². The lowest BCUT2D eigenvalue weighted by molar-refractivity contribution is -0.158. The van der Waals surface area contributed by atoms with Crippen molar-refractivity contribution in [2.45, 2.75) is 19.1 Å². The van der Waals surface area contributed by atoms with Crippen molar-refractivity contribution >= 4 is 6.03 Å². The Kier molecular flexibility index (Phi) is 3.41. The van der Waals surface area contributed by atoms with Gasteiger partial charge in [0, 0.05) is 20.1 Å². The third-order valence-electron chi connectivity index (χ3n) is 1.94. The molecule has 0 aromatic rings. The maximum Gasteiger partial charge on any atom is 0.345 e. The molecule has 0 saturated carbocycles. The van der Waals surface area contributed by atoms with Crippen LogP contribution in [0.15, 0.2) is 0 Å². The van der Waals surface area contributed by atoms with Gasteiger partial charge in [0.1, 0.15) is 0 Å². The van der Waals surface area contributed by atoms with Crippen LogP contribution in [-0.4, -0.2) is 43.8 Å².